The van der Waals surface area contributed by atoms with Crippen LogP contribution in [0.5, 0.6) is 0 Å². The molecule has 20 heavy (non-hydrogen) atoms. The van der Waals surface area contributed by atoms with Crippen LogP contribution >= 0.6 is 12.6 Å². The monoisotopic (exact) mass is 286 g/mol. The average Bonchev–Trinajstić information content (AvgIpc) is 2.50. The van der Waals surface area contributed by atoms with Gasteiger partial charge in [0.2, 0.25) is 0 Å². The van der Waals surface area contributed by atoms with E-state index in [2.05, 4.69) is 80.2 Å². The van der Waals surface area contributed by atoms with E-state index in [9.17, 15) is 0 Å². The van der Waals surface area contributed by atoms with Crippen LogP contribution in [-0.2, 0) is 4.74 Å². The van der Waals surface area contributed by atoms with Gasteiger partial charge < -0.3 is 4.74 Å². The van der Waals surface area contributed by atoms with Crippen LogP contribution in [0.1, 0.15) is 30.4 Å². The Labute approximate surface area is 127 Å². The molecular weight excluding hydrogens is 264 g/mol. The Kier molecular flexibility index (Phi) is 6.16. The second-order valence-corrected chi connectivity index (χ2v) is 5.40. The molecule has 1 unspecified atom stereocenters. The fraction of sp³-hybridized carbons (Fsp3) is 0.333. The minimum atomic E-state index is 0.152. The molecule has 0 amide bonds. The van der Waals surface area contributed by atoms with E-state index in [-0.39, 0.29) is 12.0 Å². The SMILES string of the molecule is CC(OCCCS)C(c1ccccc1)c1ccccc1. The predicted molar refractivity (Wildman–Crippen MR) is 88.6 cm³/mol. The maximum Gasteiger partial charge on any atom is 0.0656 e. The summed E-state index contributed by atoms with van der Waals surface area (Å²) >= 11 is 4.23. The molecule has 0 aliphatic heterocycles. The topological polar surface area (TPSA) is 9.23 Å². The Hall–Kier alpha value is -1.25. The number of benzene rings is 2. The van der Waals surface area contributed by atoms with Crippen LogP contribution in [0.15, 0.2) is 60.7 Å². The molecule has 0 aliphatic rings. The molecule has 2 aromatic carbocycles. The van der Waals surface area contributed by atoms with Crippen molar-refractivity contribution in [2.24, 2.45) is 0 Å². The lowest BCUT2D eigenvalue weighted by Gasteiger charge is -2.25. The van der Waals surface area contributed by atoms with Gasteiger partial charge in [0.25, 0.3) is 0 Å². The summed E-state index contributed by atoms with van der Waals surface area (Å²) in [4.78, 5) is 0. The van der Waals surface area contributed by atoms with E-state index in [1.165, 1.54) is 11.1 Å². The molecule has 1 atom stereocenters. The van der Waals surface area contributed by atoms with Gasteiger partial charge in [0.05, 0.1) is 6.10 Å². The van der Waals surface area contributed by atoms with Crippen molar-refractivity contribution in [2.45, 2.75) is 25.4 Å². The van der Waals surface area contributed by atoms with Crippen molar-refractivity contribution >= 4 is 12.6 Å². The van der Waals surface area contributed by atoms with E-state index in [0.29, 0.717) is 0 Å². The van der Waals surface area contributed by atoms with Crippen LogP contribution in [-0.4, -0.2) is 18.5 Å². The van der Waals surface area contributed by atoms with Gasteiger partial charge in [0.1, 0.15) is 0 Å². The first-order valence-corrected chi connectivity index (χ1v) is 7.78. The van der Waals surface area contributed by atoms with E-state index in [0.717, 1.165) is 18.8 Å². The molecule has 2 heteroatoms. The molecule has 0 aliphatic carbocycles. The van der Waals surface area contributed by atoms with Crippen LogP contribution < -0.4 is 0 Å². The van der Waals surface area contributed by atoms with Gasteiger partial charge in [0, 0.05) is 12.5 Å². The molecule has 0 N–H and O–H groups in total. The largest absolute Gasteiger partial charge is 0.377 e. The molecule has 2 aromatic rings. The van der Waals surface area contributed by atoms with Gasteiger partial charge in [-0.05, 0) is 30.2 Å². The van der Waals surface area contributed by atoms with Crippen molar-refractivity contribution in [2.75, 3.05) is 12.4 Å². The molecule has 1 nitrogen and oxygen atoms in total. The van der Waals surface area contributed by atoms with Crippen molar-refractivity contribution in [1.82, 2.24) is 0 Å². The summed E-state index contributed by atoms with van der Waals surface area (Å²) in [5.74, 6) is 1.14. The van der Waals surface area contributed by atoms with Gasteiger partial charge in [-0.3, -0.25) is 0 Å². The highest BCUT2D eigenvalue weighted by atomic mass is 32.1. The number of hydrogen-bond acceptors (Lipinski definition) is 2. The molecule has 0 fully saturated rings. The fourth-order valence-corrected chi connectivity index (χ4v) is 2.61. The Morgan fingerprint density at radius 1 is 0.900 bits per heavy atom. The maximum atomic E-state index is 6.00. The first-order valence-electron chi connectivity index (χ1n) is 7.15. The lowest BCUT2D eigenvalue weighted by atomic mass is 9.87. The molecule has 0 saturated carbocycles. The van der Waals surface area contributed by atoms with Gasteiger partial charge in [-0.15, -0.1) is 0 Å². The lowest BCUT2D eigenvalue weighted by Crippen LogP contribution is -2.21. The first kappa shape index (κ1) is 15.1. The van der Waals surface area contributed by atoms with E-state index in [4.69, 9.17) is 4.74 Å². The first-order chi connectivity index (χ1) is 9.83. The van der Waals surface area contributed by atoms with Crippen LogP contribution in [0.25, 0.3) is 0 Å². The normalized spacial score (nSPS) is 12.6. The lowest BCUT2D eigenvalue weighted by molar-refractivity contribution is 0.0561. The summed E-state index contributed by atoms with van der Waals surface area (Å²) in [6.45, 7) is 2.92. The van der Waals surface area contributed by atoms with Crippen LogP contribution in [0.4, 0.5) is 0 Å². The van der Waals surface area contributed by atoms with Crippen molar-refractivity contribution in [3.8, 4) is 0 Å². The Morgan fingerprint density at radius 2 is 1.40 bits per heavy atom. The molecule has 0 aromatic heterocycles. The molecule has 0 heterocycles. The predicted octanol–water partition coefficient (Wildman–Crippen LogP) is 4.54. The molecule has 0 bridgehead atoms. The highest BCUT2D eigenvalue weighted by molar-refractivity contribution is 7.80. The fourth-order valence-electron chi connectivity index (χ4n) is 2.49. The average molecular weight is 286 g/mol. The smallest absolute Gasteiger partial charge is 0.0656 e. The number of hydrogen-bond donors (Lipinski definition) is 1. The van der Waals surface area contributed by atoms with Gasteiger partial charge in [-0.25, -0.2) is 0 Å². The number of ether oxygens (including phenoxy) is 1. The molecular formula is C18H22OS. The molecule has 106 valence electrons. The molecule has 2 rings (SSSR count). The van der Waals surface area contributed by atoms with Gasteiger partial charge >= 0.3 is 0 Å². The van der Waals surface area contributed by atoms with Gasteiger partial charge in [-0.1, -0.05) is 60.7 Å². The quantitative estimate of drug-likeness (QED) is 0.580. The van der Waals surface area contributed by atoms with Gasteiger partial charge in [0.15, 0.2) is 0 Å². The highest BCUT2D eigenvalue weighted by Crippen LogP contribution is 2.29. The summed E-state index contributed by atoms with van der Waals surface area (Å²) in [6.07, 6.45) is 1.14. The Morgan fingerprint density at radius 3 is 1.85 bits per heavy atom. The third-order valence-corrected chi connectivity index (χ3v) is 3.79. The summed E-state index contributed by atoms with van der Waals surface area (Å²) in [5.41, 5.74) is 2.61. The second-order valence-electron chi connectivity index (χ2n) is 4.95. The standard InChI is InChI=1S/C18H22OS/c1-15(19-13-8-14-20)18(16-9-4-2-5-10-16)17-11-6-3-7-12-17/h2-7,9-12,15,18,20H,8,13-14H2,1H3. The maximum absolute atomic E-state index is 6.00. The summed E-state index contributed by atoms with van der Waals surface area (Å²) in [6, 6.07) is 21.2. The highest BCUT2D eigenvalue weighted by Gasteiger charge is 2.21. The van der Waals surface area contributed by atoms with E-state index >= 15 is 0 Å². The van der Waals surface area contributed by atoms with Crippen LogP contribution in [0.3, 0.4) is 0 Å². The van der Waals surface area contributed by atoms with Crippen LogP contribution in [0.2, 0.25) is 0 Å². The Bertz CT molecular complexity index is 444. The second kappa shape index (κ2) is 8.13. The van der Waals surface area contributed by atoms with Crippen molar-refractivity contribution in [3.63, 3.8) is 0 Å². The number of rotatable bonds is 7. The van der Waals surface area contributed by atoms with Gasteiger partial charge in [-0.2, -0.15) is 12.6 Å². The molecule has 0 spiro atoms. The minimum Gasteiger partial charge on any atom is -0.377 e. The van der Waals surface area contributed by atoms with Crippen molar-refractivity contribution in [3.05, 3.63) is 71.8 Å². The molecule has 0 saturated heterocycles. The summed E-state index contributed by atoms with van der Waals surface area (Å²) in [7, 11) is 0. The minimum absolute atomic E-state index is 0.152. The van der Waals surface area contributed by atoms with E-state index in [1.54, 1.807) is 0 Å². The third kappa shape index (κ3) is 4.12. The number of thiol groups is 1. The third-order valence-electron chi connectivity index (χ3n) is 3.47. The van der Waals surface area contributed by atoms with Crippen molar-refractivity contribution in [1.29, 1.82) is 0 Å². The van der Waals surface area contributed by atoms with Crippen molar-refractivity contribution < 1.29 is 4.74 Å². The zero-order chi connectivity index (χ0) is 14.2. The summed E-state index contributed by atoms with van der Waals surface area (Å²) in [5, 5.41) is 0. The zero-order valence-electron chi connectivity index (χ0n) is 11.9. The summed E-state index contributed by atoms with van der Waals surface area (Å²) < 4.78 is 6.00. The Balaban J connectivity index is 2.21. The van der Waals surface area contributed by atoms with E-state index < -0.39 is 0 Å². The van der Waals surface area contributed by atoms with Crippen LogP contribution in [0, 0.1) is 0 Å². The van der Waals surface area contributed by atoms with E-state index in [1.807, 2.05) is 0 Å². The molecule has 0 radical (unpaired) electrons. The zero-order valence-corrected chi connectivity index (χ0v) is 12.8.